The van der Waals surface area contributed by atoms with Crippen molar-refractivity contribution >= 4 is 0 Å². The molecule has 0 rings (SSSR count). The third kappa shape index (κ3) is 8.12. The van der Waals surface area contributed by atoms with Crippen LogP contribution >= 0.6 is 0 Å². The summed E-state index contributed by atoms with van der Waals surface area (Å²) >= 11 is 0. The van der Waals surface area contributed by atoms with Crippen LogP contribution in [0.2, 0.25) is 0 Å². The normalized spacial score (nSPS) is 14.8. The van der Waals surface area contributed by atoms with E-state index in [1.807, 2.05) is 0 Å². The second-order valence-corrected chi connectivity index (χ2v) is 6.41. The Hall–Kier alpha value is -0.0800. The molecule has 0 saturated heterocycles. The van der Waals surface area contributed by atoms with Crippen LogP contribution in [0.1, 0.15) is 48.0 Å². The third-order valence-corrected chi connectivity index (χ3v) is 3.01. The average molecular weight is 228 g/mol. The molecule has 0 heterocycles. The van der Waals surface area contributed by atoms with Gasteiger partial charge in [0.05, 0.1) is 0 Å². The average Bonchev–Trinajstić information content (AvgIpc) is 2.13. The topological polar surface area (TPSA) is 15.3 Å². The van der Waals surface area contributed by atoms with E-state index in [4.69, 9.17) is 0 Å². The van der Waals surface area contributed by atoms with E-state index in [1.54, 1.807) is 0 Å². The fourth-order valence-electron chi connectivity index (χ4n) is 1.99. The van der Waals surface area contributed by atoms with Crippen molar-refractivity contribution in [2.45, 2.75) is 54.0 Å². The second kappa shape index (κ2) is 7.29. The SMILES string of the molecule is CCC(C)CN(C)CC(C)(C)CNC(C)C. The molecule has 0 saturated carbocycles. The lowest BCUT2D eigenvalue weighted by Crippen LogP contribution is -2.42. The molecule has 0 aliphatic heterocycles. The summed E-state index contributed by atoms with van der Waals surface area (Å²) in [7, 11) is 2.24. The van der Waals surface area contributed by atoms with Crippen LogP contribution in [0, 0.1) is 11.3 Å². The highest BCUT2D eigenvalue weighted by atomic mass is 15.1. The first-order valence-corrected chi connectivity index (χ1v) is 6.68. The van der Waals surface area contributed by atoms with Crippen molar-refractivity contribution in [3.63, 3.8) is 0 Å². The van der Waals surface area contributed by atoms with E-state index >= 15 is 0 Å². The molecule has 0 aromatic heterocycles. The lowest BCUT2D eigenvalue weighted by atomic mass is 9.92. The van der Waals surface area contributed by atoms with Gasteiger partial charge in [-0.05, 0) is 18.4 Å². The van der Waals surface area contributed by atoms with Crippen LogP contribution in [0.15, 0.2) is 0 Å². The fourth-order valence-corrected chi connectivity index (χ4v) is 1.99. The first-order valence-electron chi connectivity index (χ1n) is 6.68. The summed E-state index contributed by atoms with van der Waals surface area (Å²) in [4.78, 5) is 2.47. The highest BCUT2D eigenvalue weighted by molar-refractivity contribution is 4.76. The van der Waals surface area contributed by atoms with Crippen LogP contribution < -0.4 is 5.32 Å². The zero-order valence-electron chi connectivity index (χ0n) is 12.4. The minimum absolute atomic E-state index is 0.354. The second-order valence-electron chi connectivity index (χ2n) is 6.41. The van der Waals surface area contributed by atoms with Gasteiger partial charge < -0.3 is 10.2 Å². The molecule has 2 nitrogen and oxygen atoms in total. The Labute approximate surface area is 103 Å². The molecule has 0 aliphatic rings. The molecule has 0 aromatic rings. The van der Waals surface area contributed by atoms with Crippen molar-refractivity contribution in [3.05, 3.63) is 0 Å². The van der Waals surface area contributed by atoms with Gasteiger partial charge in [-0.25, -0.2) is 0 Å². The van der Waals surface area contributed by atoms with Crippen LogP contribution in [0.4, 0.5) is 0 Å². The summed E-state index contributed by atoms with van der Waals surface area (Å²) in [5.41, 5.74) is 0.354. The van der Waals surface area contributed by atoms with Crippen molar-refractivity contribution in [2.24, 2.45) is 11.3 Å². The summed E-state index contributed by atoms with van der Waals surface area (Å²) in [5, 5.41) is 3.53. The smallest absolute Gasteiger partial charge is 0.00419 e. The molecule has 1 N–H and O–H groups in total. The van der Waals surface area contributed by atoms with Gasteiger partial charge in [-0.1, -0.05) is 48.0 Å². The van der Waals surface area contributed by atoms with E-state index in [9.17, 15) is 0 Å². The van der Waals surface area contributed by atoms with Crippen molar-refractivity contribution in [1.29, 1.82) is 0 Å². The van der Waals surface area contributed by atoms with E-state index in [-0.39, 0.29) is 0 Å². The van der Waals surface area contributed by atoms with Crippen molar-refractivity contribution < 1.29 is 0 Å². The van der Waals surface area contributed by atoms with Gasteiger partial charge in [-0.2, -0.15) is 0 Å². The molecule has 0 radical (unpaired) electrons. The summed E-state index contributed by atoms with van der Waals surface area (Å²) < 4.78 is 0. The van der Waals surface area contributed by atoms with Crippen LogP contribution in [-0.2, 0) is 0 Å². The molecule has 1 atom stereocenters. The maximum atomic E-state index is 3.53. The lowest BCUT2D eigenvalue weighted by Gasteiger charge is -2.32. The van der Waals surface area contributed by atoms with Gasteiger partial charge in [0.1, 0.15) is 0 Å². The Balaban J connectivity index is 3.94. The zero-order chi connectivity index (χ0) is 12.8. The van der Waals surface area contributed by atoms with E-state index in [0.29, 0.717) is 11.5 Å². The maximum Gasteiger partial charge on any atom is 0.00419 e. The highest BCUT2D eigenvalue weighted by Crippen LogP contribution is 2.16. The standard InChI is InChI=1S/C14H32N2/c1-8-13(4)9-16(7)11-14(5,6)10-15-12(2)3/h12-13,15H,8-11H2,1-7H3. The molecule has 0 spiro atoms. The van der Waals surface area contributed by atoms with Gasteiger partial charge in [0.25, 0.3) is 0 Å². The summed E-state index contributed by atoms with van der Waals surface area (Å²) in [5.74, 6) is 0.804. The minimum Gasteiger partial charge on any atom is -0.314 e. The number of nitrogens with one attached hydrogen (secondary N) is 1. The Morgan fingerprint density at radius 2 is 1.75 bits per heavy atom. The van der Waals surface area contributed by atoms with Gasteiger partial charge in [0, 0.05) is 25.7 Å². The van der Waals surface area contributed by atoms with E-state index in [1.165, 1.54) is 13.0 Å². The molecular weight excluding hydrogens is 196 g/mol. The molecule has 2 heteroatoms. The summed E-state index contributed by atoms with van der Waals surface area (Å²) in [6.07, 6.45) is 1.27. The Morgan fingerprint density at radius 3 is 2.19 bits per heavy atom. The molecule has 0 amide bonds. The van der Waals surface area contributed by atoms with Gasteiger partial charge in [-0.15, -0.1) is 0 Å². The first-order chi connectivity index (χ1) is 7.26. The van der Waals surface area contributed by atoms with Crippen LogP contribution in [-0.4, -0.2) is 37.6 Å². The van der Waals surface area contributed by atoms with Crippen LogP contribution in [0.5, 0.6) is 0 Å². The summed E-state index contributed by atoms with van der Waals surface area (Å²) in [6, 6.07) is 0.583. The molecule has 0 aromatic carbocycles. The first kappa shape index (κ1) is 15.9. The molecule has 0 fully saturated rings. The predicted molar refractivity (Wildman–Crippen MR) is 73.9 cm³/mol. The molecule has 1 unspecified atom stereocenters. The Kier molecular flexibility index (Phi) is 7.25. The van der Waals surface area contributed by atoms with E-state index in [2.05, 4.69) is 58.8 Å². The largest absolute Gasteiger partial charge is 0.314 e. The van der Waals surface area contributed by atoms with Crippen molar-refractivity contribution in [2.75, 3.05) is 26.7 Å². The van der Waals surface area contributed by atoms with Crippen molar-refractivity contribution in [1.82, 2.24) is 10.2 Å². The molecule has 16 heavy (non-hydrogen) atoms. The molecule has 0 bridgehead atoms. The molecular formula is C14H32N2. The Morgan fingerprint density at radius 1 is 1.19 bits per heavy atom. The van der Waals surface area contributed by atoms with Crippen molar-refractivity contribution in [3.8, 4) is 0 Å². The van der Waals surface area contributed by atoms with E-state index in [0.717, 1.165) is 19.0 Å². The van der Waals surface area contributed by atoms with Gasteiger partial charge >= 0.3 is 0 Å². The lowest BCUT2D eigenvalue weighted by molar-refractivity contribution is 0.182. The number of nitrogens with zero attached hydrogens (tertiary/aromatic N) is 1. The third-order valence-electron chi connectivity index (χ3n) is 3.01. The van der Waals surface area contributed by atoms with Gasteiger partial charge in [0.2, 0.25) is 0 Å². The van der Waals surface area contributed by atoms with Gasteiger partial charge in [-0.3, -0.25) is 0 Å². The van der Waals surface area contributed by atoms with Crippen LogP contribution in [0.25, 0.3) is 0 Å². The minimum atomic E-state index is 0.354. The monoisotopic (exact) mass is 228 g/mol. The zero-order valence-corrected chi connectivity index (χ0v) is 12.4. The Bertz CT molecular complexity index is 176. The number of hydrogen-bond donors (Lipinski definition) is 1. The fraction of sp³-hybridized carbons (Fsp3) is 1.00. The predicted octanol–water partition coefficient (Wildman–Crippen LogP) is 2.99. The maximum absolute atomic E-state index is 3.53. The number of hydrogen-bond acceptors (Lipinski definition) is 2. The molecule has 98 valence electrons. The summed E-state index contributed by atoms with van der Waals surface area (Å²) in [6.45, 7) is 17.2. The number of rotatable bonds is 8. The molecule has 0 aliphatic carbocycles. The highest BCUT2D eigenvalue weighted by Gasteiger charge is 2.20. The van der Waals surface area contributed by atoms with E-state index < -0.39 is 0 Å². The van der Waals surface area contributed by atoms with Gasteiger partial charge in [0.15, 0.2) is 0 Å². The quantitative estimate of drug-likeness (QED) is 0.687. The van der Waals surface area contributed by atoms with Crippen LogP contribution in [0.3, 0.4) is 0 Å².